The number of nitrogens with one attached hydrogen (secondary N) is 2. The highest BCUT2D eigenvalue weighted by Crippen LogP contribution is 2.24. The zero-order valence-electron chi connectivity index (χ0n) is 13.2. The van der Waals surface area contributed by atoms with E-state index in [9.17, 15) is 9.59 Å². The van der Waals surface area contributed by atoms with Crippen LogP contribution in [-0.2, 0) is 4.79 Å². The van der Waals surface area contributed by atoms with Gasteiger partial charge >= 0.3 is 0 Å². The average Bonchev–Trinajstić information content (AvgIpc) is 3.24. The zero-order chi connectivity index (χ0) is 16.2. The fraction of sp³-hybridized carbons (Fsp3) is 0.500. The van der Waals surface area contributed by atoms with Crippen molar-refractivity contribution in [2.75, 3.05) is 24.7 Å². The van der Waals surface area contributed by atoms with Crippen LogP contribution in [0.5, 0.6) is 0 Å². The second kappa shape index (κ2) is 8.94. The van der Waals surface area contributed by atoms with Gasteiger partial charge in [0.25, 0.3) is 5.91 Å². The molecule has 0 radical (unpaired) electrons. The van der Waals surface area contributed by atoms with Crippen molar-refractivity contribution in [3.63, 3.8) is 0 Å². The van der Waals surface area contributed by atoms with E-state index in [2.05, 4.69) is 10.6 Å². The molecule has 2 unspecified atom stereocenters. The summed E-state index contributed by atoms with van der Waals surface area (Å²) in [5.41, 5.74) is 0.562. The molecule has 132 valence electrons. The molecule has 0 spiro atoms. The lowest BCUT2D eigenvalue weighted by atomic mass is 10.1. The van der Waals surface area contributed by atoms with Gasteiger partial charge < -0.3 is 15.5 Å². The standard InChI is InChI=1S/C16H20ClN3O2S.ClH/c17-12-5-3-11(4-6-12)16(22)20-10-23-9-14(20)15(21)19-8-13-2-1-7-18-13;/h3-6,13-14,18H,1-2,7-10H2,(H,19,21);1H. The maximum Gasteiger partial charge on any atom is 0.255 e. The van der Waals surface area contributed by atoms with Crippen LogP contribution >= 0.6 is 35.8 Å². The maximum atomic E-state index is 12.6. The smallest absolute Gasteiger partial charge is 0.255 e. The molecular formula is C16H21Cl2N3O2S. The SMILES string of the molecule is Cl.O=C(NCC1CCCN1)C1CSCN1C(=O)c1ccc(Cl)cc1. The summed E-state index contributed by atoms with van der Waals surface area (Å²) in [6, 6.07) is 6.74. The van der Waals surface area contributed by atoms with Crippen molar-refractivity contribution in [2.45, 2.75) is 24.9 Å². The number of hydrogen-bond donors (Lipinski definition) is 2. The van der Waals surface area contributed by atoms with E-state index in [0.29, 0.717) is 34.8 Å². The molecule has 8 heteroatoms. The summed E-state index contributed by atoms with van der Waals surface area (Å²) in [5, 5.41) is 6.93. The van der Waals surface area contributed by atoms with E-state index in [1.165, 1.54) is 0 Å². The molecule has 0 bridgehead atoms. The molecule has 24 heavy (non-hydrogen) atoms. The summed E-state index contributed by atoms with van der Waals surface area (Å²) in [4.78, 5) is 26.7. The molecule has 1 aromatic rings. The molecule has 2 N–H and O–H groups in total. The van der Waals surface area contributed by atoms with Gasteiger partial charge in [0.05, 0.1) is 5.88 Å². The van der Waals surface area contributed by atoms with E-state index in [4.69, 9.17) is 11.6 Å². The van der Waals surface area contributed by atoms with Gasteiger partial charge in [-0.2, -0.15) is 0 Å². The molecule has 0 saturated carbocycles. The Kier molecular flexibility index (Phi) is 7.22. The molecule has 5 nitrogen and oxygen atoms in total. The third kappa shape index (κ3) is 4.57. The van der Waals surface area contributed by atoms with Crippen molar-refractivity contribution in [1.82, 2.24) is 15.5 Å². The lowest BCUT2D eigenvalue weighted by molar-refractivity contribution is -0.124. The third-order valence-corrected chi connectivity index (χ3v) is 5.49. The molecular weight excluding hydrogens is 369 g/mol. The molecule has 0 aromatic heterocycles. The number of nitrogens with zero attached hydrogens (tertiary/aromatic N) is 1. The molecule has 2 aliphatic rings. The molecule has 3 rings (SSSR count). The van der Waals surface area contributed by atoms with Crippen LogP contribution in [0.1, 0.15) is 23.2 Å². The first-order chi connectivity index (χ1) is 11.1. The number of carbonyl (C=O) groups is 2. The van der Waals surface area contributed by atoms with Crippen molar-refractivity contribution in [2.24, 2.45) is 0 Å². The molecule has 2 saturated heterocycles. The maximum absolute atomic E-state index is 12.6. The first-order valence-corrected chi connectivity index (χ1v) is 9.34. The first kappa shape index (κ1) is 19.4. The van der Waals surface area contributed by atoms with Crippen LogP contribution in [0.15, 0.2) is 24.3 Å². The lowest BCUT2D eigenvalue weighted by Gasteiger charge is -2.24. The largest absolute Gasteiger partial charge is 0.353 e. The Bertz CT molecular complexity index is 579. The fourth-order valence-electron chi connectivity index (χ4n) is 2.89. The number of carbonyl (C=O) groups excluding carboxylic acids is 2. The van der Waals surface area contributed by atoms with Crippen LogP contribution in [0.2, 0.25) is 5.02 Å². The van der Waals surface area contributed by atoms with Crippen molar-refractivity contribution in [1.29, 1.82) is 0 Å². The van der Waals surface area contributed by atoms with Crippen molar-refractivity contribution < 1.29 is 9.59 Å². The van der Waals surface area contributed by atoms with Gasteiger partial charge in [0.2, 0.25) is 5.91 Å². The molecule has 0 aliphatic carbocycles. The Morgan fingerprint density at radius 2 is 2.08 bits per heavy atom. The topological polar surface area (TPSA) is 61.4 Å². The molecule has 2 atom stereocenters. The highest BCUT2D eigenvalue weighted by Gasteiger charge is 2.35. The molecule has 2 fully saturated rings. The molecule has 2 aliphatic heterocycles. The van der Waals surface area contributed by atoms with Crippen LogP contribution in [0.3, 0.4) is 0 Å². The minimum atomic E-state index is -0.399. The van der Waals surface area contributed by atoms with Crippen molar-refractivity contribution in [3.8, 4) is 0 Å². The summed E-state index contributed by atoms with van der Waals surface area (Å²) in [5.74, 6) is 1.00. The number of halogens is 2. The Balaban J connectivity index is 0.00000208. The summed E-state index contributed by atoms with van der Waals surface area (Å²) >= 11 is 7.46. The predicted molar refractivity (Wildman–Crippen MR) is 100 cm³/mol. The minimum Gasteiger partial charge on any atom is -0.353 e. The highest BCUT2D eigenvalue weighted by molar-refractivity contribution is 7.99. The van der Waals surface area contributed by atoms with Gasteiger partial charge in [-0.3, -0.25) is 9.59 Å². The Morgan fingerprint density at radius 1 is 1.33 bits per heavy atom. The van der Waals surface area contributed by atoms with Gasteiger partial charge in [-0.1, -0.05) is 11.6 Å². The third-order valence-electron chi connectivity index (χ3n) is 4.22. The Hall–Kier alpha value is -0.950. The number of rotatable bonds is 4. The van der Waals surface area contributed by atoms with Gasteiger partial charge in [-0.25, -0.2) is 0 Å². The minimum absolute atomic E-state index is 0. The van der Waals surface area contributed by atoms with Crippen molar-refractivity contribution in [3.05, 3.63) is 34.9 Å². The normalized spacial score (nSPS) is 23.0. The van der Waals surface area contributed by atoms with E-state index in [0.717, 1.165) is 19.4 Å². The van der Waals surface area contributed by atoms with Crippen LogP contribution in [0.25, 0.3) is 0 Å². The Morgan fingerprint density at radius 3 is 2.75 bits per heavy atom. The zero-order valence-corrected chi connectivity index (χ0v) is 15.6. The van der Waals surface area contributed by atoms with E-state index in [-0.39, 0.29) is 24.2 Å². The van der Waals surface area contributed by atoms with Gasteiger partial charge in [0, 0.05) is 28.9 Å². The van der Waals surface area contributed by atoms with Crippen LogP contribution < -0.4 is 10.6 Å². The monoisotopic (exact) mass is 389 g/mol. The highest BCUT2D eigenvalue weighted by atomic mass is 35.5. The number of thioether (sulfide) groups is 1. The van der Waals surface area contributed by atoms with Gasteiger partial charge in [0.1, 0.15) is 6.04 Å². The van der Waals surface area contributed by atoms with E-state index < -0.39 is 6.04 Å². The van der Waals surface area contributed by atoms with E-state index in [1.54, 1.807) is 40.9 Å². The molecule has 2 heterocycles. The summed E-state index contributed by atoms with van der Waals surface area (Å²) < 4.78 is 0. The van der Waals surface area contributed by atoms with Gasteiger partial charge in [-0.05, 0) is 43.7 Å². The second-order valence-electron chi connectivity index (χ2n) is 5.84. The first-order valence-electron chi connectivity index (χ1n) is 7.80. The molecule has 1 aromatic carbocycles. The lowest BCUT2D eigenvalue weighted by Crippen LogP contribution is -2.49. The number of benzene rings is 1. The average molecular weight is 390 g/mol. The number of hydrogen-bond acceptors (Lipinski definition) is 4. The van der Waals surface area contributed by atoms with E-state index >= 15 is 0 Å². The summed E-state index contributed by atoms with van der Waals surface area (Å²) in [7, 11) is 0. The van der Waals surface area contributed by atoms with Crippen LogP contribution in [0, 0.1) is 0 Å². The van der Waals surface area contributed by atoms with Crippen molar-refractivity contribution >= 4 is 47.6 Å². The fourth-order valence-corrected chi connectivity index (χ4v) is 4.17. The second-order valence-corrected chi connectivity index (χ2v) is 7.27. The Labute approximate surface area is 157 Å². The predicted octanol–water partition coefficient (Wildman–Crippen LogP) is 2.15. The quantitative estimate of drug-likeness (QED) is 0.827. The van der Waals surface area contributed by atoms with Gasteiger partial charge in [-0.15, -0.1) is 24.2 Å². The van der Waals surface area contributed by atoms with E-state index in [1.807, 2.05) is 0 Å². The van der Waals surface area contributed by atoms with Gasteiger partial charge in [0.15, 0.2) is 0 Å². The summed E-state index contributed by atoms with van der Waals surface area (Å²) in [6.07, 6.45) is 2.24. The number of amides is 2. The van der Waals surface area contributed by atoms with Crippen LogP contribution in [-0.4, -0.2) is 53.5 Å². The summed E-state index contributed by atoms with van der Waals surface area (Å²) in [6.45, 7) is 1.64. The molecule has 2 amide bonds. The van der Waals surface area contributed by atoms with Crippen LogP contribution in [0.4, 0.5) is 0 Å².